The molecular weight excluding hydrogens is 360 g/mol. The molecule has 4 aliphatic rings. The van der Waals surface area contributed by atoms with Gasteiger partial charge in [-0.25, -0.2) is 8.78 Å². The van der Waals surface area contributed by atoms with Crippen LogP contribution >= 0.6 is 0 Å². The van der Waals surface area contributed by atoms with E-state index in [9.17, 15) is 8.78 Å². The highest BCUT2D eigenvalue weighted by molar-refractivity contribution is 5.58. The second kappa shape index (κ2) is 7.81. The highest BCUT2D eigenvalue weighted by Crippen LogP contribution is 2.59. The Bertz CT molecular complexity index is 702. The Morgan fingerprint density at radius 3 is 2.57 bits per heavy atom. The molecule has 2 fully saturated rings. The maximum atomic E-state index is 14.7. The first kappa shape index (κ1) is 19.9. The van der Waals surface area contributed by atoms with Crippen molar-refractivity contribution in [2.45, 2.75) is 95.2 Å². The van der Waals surface area contributed by atoms with Crippen molar-refractivity contribution < 1.29 is 18.3 Å². The molecule has 1 aliphatic heterocycles. The van der Waals surface area contributed by atoms with Crippen molar-refractivity contribution in [2.75, 3.05) is 7.11 Å². The number of methoxy groups -OCH3 is 1. The zero-order chi connectivity index (χ0) is 19.9. The normalized spacial score (nSPS) is 32.6. The van der Waals surface area contributed by atoms with Gasteiger partial charge < -0.3 is 14.8 Å². The van der Waals surface area contributed by atoms with Crippen LogP contribution in [0, 0.1) is 5.92 Å². The summed E-state index contributed by atoms with van der Waals surface area (Å²) in [5.74, 6) is -1.60. The average molecular weight is 394 g/mol. The molecule has 28 heavy (non-hydrogen) atoms. The largest absolute Gasteiger partial charge is 0.493 e. The van der Waals surface area contributed by atoms with E-state index in [1.54, 1.807) is 7.11 Å². The van der Waals surface area contributed by atoms with Crippen LogP contribution in [0.3, 0.4) is 0 Å². The molecule has 0 bridgehead atoms. The zero-order valence-electron chi connectivity index (χ0n) is 17.3. The van der Waals surface area contributed by atoms with Crippen molar-refractivity contribution in [3.05, 3.63) is 23.3 Å². The summed E-state index contributed by atoms with van der Waals surface area (Å²) < 4.78 is 40.7. The van der Waals surface area contributed by atoms with E-state index in [1.807, 2.05) is 19.9 Å². The lowest BCUT2D eigenvalue weighted by atomic mass is 9.64. The second-order valence-corrected chi connectivity index (χ2v) is 8.51. The van der Waals surface area contributed by atoms with Gasteiger partial charge in [0.2, 0.25) is 0 Å². The number of benzene rings is 1. The van der Waals surface area contributed by atoms with E-state index in [2.05, 4.69) is 11.4 Å². The fraction of sp³-hybridized carbons (Fsp3) is 0.739. The van der Waals surface area contributed by atoms with Gasteiger partial charge in [-0.15, -0.1) is 0 Å². The maximum absolute atomic E-state index is 14.7. The molecule has 1 heterocycles. The molecule has 156 valence electrons. The molecule has 2 unspecified atom stereocenters. The van der Waals surface area contributed by atoms with Crippen molar-refractivity contribution in [1.82, 2.24) is 5.32 Å². The first-order valence-corrected chi connectivity index (χ1v) is 11.1. The van der Waals surface area contributed by atoms with Crippen molar-refractivity contribution in [1.29, 1.82) is 0 Å². The Hall–Kier alpha value is -1.36. The molecule has 4 atom stereocenters. The lowest BCUT2D eigenvalue weighted by Gasteiger charge is -2.46. The molecule has 0 aromatic heterocycles. The molecule has 1 aromatic carbocycles. The van der Waals surface area contributed by atoms with E-state index in [1.165, 1.54) is 32.1 Å². The molecule has 5 rings (SSSR count). The monoisotopic (exact) mass is 393 g/mol. The molecule has 1 N–H and O–H groups in total. The van der Waals surface area contributed by atoms with Crippen LogP contribution in [0.1, 0.15) is 75.8 Å². The standard InChI is InChI=1S/C21H27F2NO2.C2H6/c1-25-16-8-7-12-11-15(24-13-5-3-2-4-6-13)14-9-10-21(22,23)20-18(14)17(12)19(16)26-20;1-2/h7-8,13-15,18,20,24H,2-6,9-11H2,1H3;1-2H3/t14?,15-,18?,20-;/m0./s1. The minimum Gasteiger partial charge on any atom is -0.493 e. The average Bonchev–Trinajstić information content (AvgIpc) is 3.13. The maximum Gasteiger partial charge on any atom is 0.284 e. The van der Waals surface area contributed by atoms with Crippen LogP contribution in [-0.2, 0) is 6.42 Å². The van der Waals surface area contributed by atoms with E-state index in [0.29, 0.717) is 24.0 Å². The smallest absolute Gasteiger partial charge is 0.284 e. The number of halogens is 2. The van der Waals surface area contributed by atoms with Gasteiger partial charge in [-0.05, 0) is 43.2 Å². The number of ether oxygens (including phenoxy) is 2. The highest BCUT2D eigenvalue weighted by atomic mass is 19.3. The third kappa shape index (κ3) is 3.20. The van der Waals surface area contributed by atoms with Crippen LogP contribution in [0.4, 0.5) is 8.78 Å². The topological polar surface area (TPSA) is 30.5 Å². The van der Waals surface area contributed by atoms with Gasteiger partial charge in [0.15, 0.2) is 17.6 Å². The first-order valence-electron chi connectivity index (χ1n) is 11.1. The van der Waals surface area contributed by atoms with E-state index >= 15 is 0 Å². The molecule has 1 aromatic rings. The minimum absolute atomic E-state index is 0.0761. The van der Waals surface area contributed by atoms with Crippen LogP contribution in [0.5, 0.6) is 11.5 Å². The second-order valence-electron chi connectivity index (χ2n) is 8.51. The van der Waals surface area contributed by atoms with Crippen LogP contribution in [-0.4, -0.2) is 31.2 Å². The van der Waals surface area contributed by atoms with E-state index in [0.717, 1.165) is 17.5 Å². The molecule has 3 aliphatic carbocycles. The summed E-state index contributed by atoms with van der Waals surface area (Å²) in [7, 11) is 1.58. The summed E-state index contributed by atoms with van der Waals surface area (Å²) in [5, 5.41) is 3.87. The molecule has 0 saturated heterocycles. The van der Waals surface area contributed by atoms with Gasteiger partial charge in [-0.1, -0.05) is 39.2 Å². The lowest BCUT2D eigenvalue weighted by molar-refractivity contribution is -0.135. The summed E-state index contributed by atoms with van der Waals surface area (Å²) in [6.45, 7) is 4.00. The number of rotatable bonds is 3. The van der Waals surface area contributed by atoms with E-state index in [-0.39, 0.29) is 24.3 Å². The highest BCUT2D eigenvalue weighted by Gasteiger charge is 2.60. The number of hydrogen-bond acceptors (Lipinski definition) is 3. The predicted octanol–water partition coefficient (Wildman–Crippen LogP) is 5.46. The summed E-state index contributed by atoms with van der Waals surface area (Å²) in [6.07, 6.45) is 6.66. The van der Waals surface area contributed by atoms with Crippen LogP contribution < -0.4 is 14.8 Å². The Kier molecular flexibility index (Phi) is 5.56. The fourth-order valence-electron chi connectivity index (χ4n) is 5.86. The van der Waals surface area contributed by atoms with Gasteiger partial charge in [-0.3, -0.25) is 0 Å². The van der Waals surface area contributed by atoms with Crippen molar-refractivity contribution >= 4 is 0 Å². The Labute approximate surface area is 167 Å². The first-order chi connectivity index (χ1) is 13.6. The summed E-state index contributed by atoms with van der Waals surface area (Å²) in [6, 6.07) is 4.75. The third-order valence-corrected chi connectivity index (χ3v) is 7.07. The molecule has 5 heteroatoms. The summed E-state index contributed by atoms with van der Waals surface area (Å²) in [5.41, 5.74) is 2.16. The summed E-state index contributed by atoms with van der Waals surface area (Å²) in [4.78, 5) is 0. The van der Waals surface area contributed by atoms with Crippen molar-refractivity contribution in [3.8, 4) is 11.5 Å². The number of alkyl halides is 2. The zero-order valence-corrected chi connectivity index (χ0v) is 17.3. The van der Waals surface area contributed by atoms with Gasteiger partial charge in [0, 0.05) is 30.0 Å². The van der Waals surface area contributed by atoms with Gasteiger partial charge in [0.1, 0.15) is 0 Å². The number of nitrogens with one attached hydrogen (secondary N) is 1. The van der Waals surface area contributed by atoms with Crippen LogP contribution in [0.15, 0.2) is 12.1 Å². The number of hydrogen-bond donors (Lipinski definition) is 1. The quantitative estimate of drug-likeness (QED) is 0.740. The van der Waals surface area contributed by atoms with E-state index in [4.69, 9.17) is 9.47 Å². The van der Waals surface area contributed by atoms with Gasteiger partial charge >= 0.3 is 0 Å². The molecule has 3 nitrogen and oxygen atoms in total. The van der Waals surface area contributed by atoms with Crippen LogP contribution in [0.25, 0.3) is 0 Å². The fourth-order valence-corrected chi connectivity index (χ4v) is 5.86. The third-order valence-electron chi connectivity index (χ3n) is 7.07. The minimum atomic E-state index is -2.77. The predicted molar refractivity (Wildman–Crippen MR) is 107 cm³/mol. The summed E-state index contributed by atoms with van der Waals surface area (Å²) >= 11 is 0. The van der Waals surface area contributed by atoms with Gasteiger partial charge in [0.05, 0.1) is 7.11 Å². The SMILES string of the molecule is CC.COc1ccc2c3c1O[C@H]1C3C(CCC1(F)F)[C@@H](NC1CCCCC1)C2. The Morgan fingerprint density at radius 1 is 1.11 bits per heavy atom. The van der Waals surface area contributed by atoms with Gasteiger partial charge in [-0.2, -0.15) is 0 Å². The van der Waals surface area contributed by atoms with Gasteiger partial charge in [0.25, 0.3) is 5.92 Å². The lowest BCUT2D eigenvalue weighted by Crippen LogP contribution is -2.55. The molecular formula is C23H33F2NO2. The Balaban J connectivity index is 0.000000932. The molecule has 0 spiro atoms. The Morgan fingerprint density at radius 2 is 1.86 bits per heavy atom. The molecule has 0 radical (unpaired) electrons. The van der Waals surface area contributed by atoms with Crippen molar-refractivity contribution in [2.24, 2.45) is 5.92 Å². The van der Waals surface area contributed by atoms with Crippen LogP contribution in [0.2, 0.25) is 0 Å². The van der Waals surface area contributed by atoms with E-state index < -0.39 is 12.0 Å². The molecule has 2 saturated carbocycles. The molecule has 0 amide bonds. The van der Waals surface area contributed by atoms with Crippen molar-refractivity contribution in [3.63, 3.8) is 0 Å².